The summed E-state index contributed by atoms with van der Waals surface area (Å²) in [5, 5.41) is 12.0. The highest BCUT2D eigenvalue weighted by Crippen LogP contribution is 2.51. The molecule has 0 radical (unpaired) electrons. The Hall–Kier alpha value is -1.77. The fourth-order valence-corrected chi connectivity index (χ4v) is 8.12. The van der Waals surface area contributed by atoms with E-state index in [1.807, 2.05) is 0 Å². The summed E-state index contributed by atoms with van der Waals surface area (Å²) in [5.41, 5.74) is -2.36. The molecule has 1 aliphatic heterocycles. The molecule has 10 nitrogen and oxygen atoms in total. The molecule has 1 fully saturated rings. The van der Waals surface area contributed by atoms with Crippen LogP contribution in [0.1, 0.15) is 151 Å². The Bertz CT molecular complexity index is 977. The number of hydrogen-bond acceptors (Lipinski definition) is 9. The smallest absolute Gasteiger partial charge is 0.327 e. The molecule has 0 aromatic heterocycles. The number of carbonyl (C=O) groups excluding carboxylic acids is 3. The van der Waals surface area contributed by atoms with Crippen molar-refractivity contribution < 1.29 is 42.8 Å². The second-order valence-electron chi connectivity index (χ2n) is 15.2. The van der Waals surface area contributed by atoms with Crippen molar-refractivity contribution in [3.8, 4) is 0 Å². The number of ketones is 1. The Kier molecular flexibility index (Phi) is 20.3. The molecule has 0 aromatic carbocycles. The SMILES string of the molecule is CC(C)CCCCCP(=O)(CCCCCC(C)C)OC(CCCC(=O)CCCC(=O)O)OC(=O)C1(C(=O)OC(C)(C)C)CCCNC1. The lowest BCUT2D eigenvalue weighted by atomic mass is 9.80. The Morgan fingerprint density at radius 1 is 0.787 bits per heavy atom. The van der Waals surface area contributed by atoms with Crippen molar-refractivity contribution in [2.45, 2.75) is 163 Å². The van der Waals surface area contributed by atoms with Crippen LogP contribution < -0.4 is 5.32 Å². The number of esters is 2. The summed E-state index contributed by atoms with van der Waals surface area (Å²) in [7, 11) is -3.23. The Morgan fingerprint density at radius 2 is 1.36 bits per heavy atom. The second kappa shape index (κ2) is 22.0. The quantitative estimate of drug-likeness (QED) is 0.0316. The third-order valence-electron chi connectivity index (χ3n) is 8.41. The summed E-state index contributed by atoms with van der Waals surface area (Å²) < 4.78 is 32.4. The molecule has 2 unspecified atom stereocenters. The molecular formula is C36H66NO9P. The van der Waals surface area contributed by atoms with Crippen molar-refractivity contribution in [3.05, 3.63) is 0 Å². The maximum Gasteiger partial charge on any atom is 0.327 e. The van der Waals surface area contributed by atoms with E-state index in [1.165, 1.54) is 0 Å². The van der Waals surface area contributed by atoms with Crippen LogP contribution in [0.15, 0.2) is 0 Å². The number of aliphatic carboxylic acids is 1. The van der Waals surface area contributed by atoms with Gasteiger partial charge in [0, 0.05) is 44.6 Å². The maximum absolute atomic E-state index is 14.4. The first-order chi connectivity index (χ1) is 22.0. The standard InChI is InChI=1S/C36H66NO9P/c1-28(2)17-10-8-12-25-47(43,26-13-9-11-18-29(3)4)46-32(22-15-20-30(38)19-14-21-31(39)40)44-33(41)36(23-16-24-37-27-36)34(42)45-35(5,6)7/h28-29,32,37H,8-27H2,1-7H3,(H,39,40). The van der Waals surface area contributed by atoms with Gasteiger partial charge in [0.05, 0.1) is 0 Å². The number of carbonyl (C=O) groups is 4. The molecule has 2 N–H and O–H groups in total. The van der Waals surface area contributed by atoms with Crippen LogP contribution in [0.5, 0.6) is 0 Å². The number of rotatable bonds is 25. The average molecular weight is 688 g/mol. The lowest BCUT2D eigenvalue weighted by Crippen LogP contribution is -2.54. The molecule has 0 aromatic rings. The third-order valence-corrected chi connectivity index (χ3v) is 11.0. The molecule has 11 heteroatoms. The van der Waals surface area contributed by atoms with E-state index in [4.69, 9.17) is 19.1 Å². The van der Waals surface area contributed by atoms with Crippen molar-refractivity contribution in [2.24, 2.45) is 17.3 Å². The fraction of sp³-hybridized carbons (Fsp3) is 0.889. The lowest BCUT2D eigenvalue weighted by molar-refractivity contribution is -0.191. The molecule has 274 valence electrons. The average Bonchev–Trinajstić information content (AvgIpc) is 2.95. The number of hydrogen-bond donors (Lipinski definition) is 2. The largest absolute Gasteiger partial charge is 0.481 e. The van der Waals surface area contributed by atoms with E-state index >= 15 is 0 Å². The number of piperidine rings is 1. The minimum absolute atomic E-state index is 0.0683. The number of nitrogens with one attached hydrogen (secondary N) is 1. The van der Waals surface area contributed by atoms with Gasteiger partial charge in [-0.1, -0.05) is 66.2 Å². The van der Waals surface area contributed by atoms with E-state index < -0.39 is 42.6 Å². The van der Waals surface area contributed by atoms with Gasteiger partial charge in [-0.05, 0) is 77.7 Å². The van der Waals surface area contributed by atoms with E-state index in [0.29, 0.717) is 43.5 Å². The molecule has 2 atom stereocenters. The van der Waals surface area contributed by atoms with Crippen molar-refractivity contribution >= 4 is 31.1 Å². The van der Waals surface area contributed by atoms with Crippen LogP contribution in [0.4, 0.5) is 0 Å². The summed E-state index contributed by atoms with van der Waals surface area (Å²) in [4.78, 5) is 50.7. The summed E-state index contributed by atoms with van der Waals surface area (Å²) >= 11 is 0. The normalized spacial score (nSPS) is 17.9. The Balaban J connectivity index is 3.18. The van der Waals surface area contributed by atoms with Crippen molar-refractivity contribution in [1.82, 2.24) is 5.32 Å². The molecule has 0 amide bonds. The number of Topliss-reactive ketones (excluding diaryl/α,β-unsaturated/α-hetero) is 1. The van der Waals surface area contributed by atoms with Gasteiger partial charge in [-0.15, -0.1) is 0 Å². The van der Waals surface area contributed by atoms with Crippen LogP contribution in [0, 0.1) is 17.3 Å². The molecule has 47 heavy (non-hydrogen) atoms. The number of carboxylic acids is 1. The van der Waals surface area contributed by atoms with Gasteiger partial charge in [0.15, 0.2) is 5.41 Å². The Morgan fingerprint density at radius 3 is 1.85 bits per heavy atom. The highest BCUT2D eigenvalue weighted by molar-refractivity contribution is 7.58. The fourth-order valence-electron chi connectivity index (χ4n) is 5.70. The van der Waals surface area contributed by atoms with Crippen LogP contribution >= 0.6 is 7.37 Å². The maximum atomic E-state index is 14.4. The van der Waals surface area contributed by atoms with Crippen LogP contribution in [-0.4, -0.2) is 66.1 Å². The van der Waals surface area contributed by atoms with Crippen LogP contribution in [-0.2, 0) is 37.7 Å². The number of carboxylic acid groups (broad SMARTS) is 1. The zero-order valence-electron chi connectivity index (χ0n) is 30.5. The van der Waals surface area contributed by atoms with Gasteiger partial charge in [-0.3, -0.25) is 28.3 Å². The zero-order valence-corrected chi connectivity index (χ0v) is 31.4. The molecule has 0 aliphatic carbocycles. The highest BCUT2D eigenvalue weighted by atomic mass is 31.2. The second-order valence-corrected chi connectivity index (χ2v) is 18.0. The Labute approximate surface area is 284 Å². The molecule has 0 spiro atoms. The molecule has 1 heterocycles. The molecule has 1 saturated heterocycles. The monoisotopic (exact) mass is 687 g/mol. The van der Waals surface area contributed by atoms with Gasteiger partial charge in [-0.25, -0.2) is 0 Å². The topological polar surface area (TPSA) is 145 Å². The van der Waals surface area contributed by atoms with Gasteiger partial charge in [0.2, 0.25) is 13.7 Å². The summed E-state index contributed by atoms with van der Waals surface area (Å²) in [6.07, 6.45) is 8.98. The van der Waals surface area contributed by atoms with Gasteiger partial charge in [0.25, 0.3) is 0 Å². The minimum Gasteiger partial charge on any atom is -0.481 e. The van der Waals surface area contributed by atoms with Crippen molar-refractivity contribution in [1.29, 1.82) is 0 Å². The van der Waals surface area contributed by atoms with Gasteiger partial charge in [0.1, 0.15) is 11.4 Å². The van der Waals surface area contributed by atoms with Gasteiger partial charge in [-0.2, -0.15) is 0 Å². The number of unbranched alkanes of at least 4 members (excludes halogenated alkanes) is 4. The first-order valence-electron chi connectivity index (χ1n) is 18.1. The molecule has 1 aliphatic rings. The highest BCUT2D eigenvalue weighted by Gasteiger charge is 2.51. The van der Waals surface area contributed by atoms with Crippen LogP contribution in [0.3, 0.4) is 0 Å². The van der Waals surface area contributed by atoms with E-state index in [2.05, 4.69) is 33.0 Å². The minimum atomic E-state index is -3.23. The first kappa shape index (κ1) is 43.3. The summed E-state index contributed by atoms with van der Waals surface area (Å²) in [5.74, 6) is -1.26. The van der Waals surface area contributed by atoms with Crippen LogP contribution in [0.2, 0.25) is 0 Å². The van der Waals surface area contributed by atoms with E-state index in [9.17, 15) is 23.7 Å². The lowest BCUT2D eigenvalue weighted by Gasteiger charge is -2.36. The van der Waals surface area contributed by atoms with Gasteiger partial charge >= 0.3 is 17.9 Å². The molecular weight excluding hydrogens is 621 g/mol. The first-order valence-corrected chi connectivity index (χ1v) is 20.1. The predicted molar refractivity (Wildman–Crippen MR) is 186 cm³/mol. The molecule has 0 saturated carbocycles. The summed E-state index contributed by atoms with van der Waals surface area (Å²) in [6.45, 7) is 14.7. The predicted octanol–water partition coefficient (Wildman–Crippen LogP) is 8.29. The van der Waals surface area contributed by atoms with E-state index in [1.54, 1.807) is 20.8 Å². The van der Waals surface area contributed by atoms with Crippen molar-refractivity contribution in [3.63, 3.8) is 0 Å². The van der Waals surface area contributed by atoms with E-state index in [-0.39, 0.29) is 50.9 Å². The van der Waals surface area contributed by atoms with E-state index in [0.717, 1.165) is 51.4 Å². The zero-order chi connectivity index (χ0) is 35.5. The van der Waals surface area contributed by atoms with Crippen molar-refractivity contribution in [2.75, 3.05) is 25.4 Å². The van der Waals surface area contributed by atoms with Gasteiger partial charge < -0.3 is 19.9 Å². The molecule has 1 rings (SSSR count). The van der Waals surface area contributed by atoms with Crippen LogP contribution in [0.25, 0.3) is 0 Å². The molecule has 0 bridgehead atoms. The number of ether oxygens (including phenoxy) is 2. The third kappa shape index (κ3) is 19.1. The summed E-state index contributed by atoms with van der Waals surface area (Å²) in [6, 6.07) is 0.